The maximum Gasteiger partial charge on any atom is 2.00 e. The number of rotatable bonds is 0. The van der Waals surface area contributed by atoms with Crippen LogP contribution in [0.4, 0.5) is 0 Å². The van der Waals surface area contributed by atoms with Gasteiger partial charge in [0.2, 0.25) is 0 Å². The van der Waals surface area contributed by atoms with Gasteiger partial charge in [-0.05, 0) is 9.15 Å². The minimum absolute atomic E-state index is 0. The predicted octanol–water partition coefficient (Wildman–Crippen LogP) is -1.01. The van der Waals surface area contributed by atoms with Crippen LogP contribution in [-0.4, -0.2) is 13.0 Å². The average Bonchev–Trinajstić information content (AvgIpc) is 0.722. The summed E-state index contributed by atoms with van der Waals surface area (Å²) in [6.45, 7) is 0. The van der Waals surface area contributed by atoms with Gasteiger partial charge in [-0.1, -0.05) is 0 Å². The molecule has 0 saturated heterocycles. The summed E-state index contributed by atoms with van der Waals surface area (Å²) in [5.41, 5.74) is 0. The first-order valence-electron chi connectivity index (χ1n) is 0.667. The molecular weight excluding hydrogens is 178 g/mol. The Morgan fingerprint density at radius 1 is 1.50 bits per heavy atom. The Morgan fingerprint density at radius 3 is 1.50 bits per heavy atom. The SMILES string of the molecule is O=S(=O)([O-])[S-].[Zn+2]. The Balaban J connectivity index is 0. The van der Waals surface area contributed by atoms with Crippen LogP contribution in [0.3, 0.4) is 0 Å². The summed E-state index contributed by atoms with van der Waals surface area (Å²) in [5.74, 6) is 0. The summed E-state index contributed by atoms with van der Waals surface area (Å²) in [4.78, 5) is 0. The van der Waals surface area contributed by atoms with Crippen LogP contribution in [0.15, 0.2) is 0 Å². The van der Waals surface area contributed by atoms with Crippen LogP contribution in [0.1, 0.15) is 0 Å². The molecule has 0 bridgehead atoms. The molecule has 0 unspecified atom stereocenters. The molecule has 3 nitrogen and oxygen atoms in total. The third-order valence-electron chi connectivity index (χ3n) is 0. The quantitative estimate of drug-likeness (QED) is 0.206. The summed E-state index contributed by atoms with van der Waals surface area (Å²) in [6.07, 6.45) is 0. The second-order valence-corrected chi connectivity index (χ2v) is 2.45. The molecule has 0 aromatic heterocycles. The molecule has 0 aliphatic heterocycles. The van der Waals surface area contributed by atoms with Gasteiger partial charge in [0, 0.05) is 0 Å². The molecule has 0 aromatic carbocycles. The maximum absolute atomic E-state index is 8.89. The van der Waals surface area contributed by atoms with Gasteiger partial charge in [-0.2, -0.15) is 0 Å². The van der Waals surface area contributed by atoms with Crippen molar-refractivity contribution in [2.45, 2.75) is 0 Å². The van der Waals surface area contributed by atoms with E-state index in [2.05, 4.69) is 11.7 Å². The molecule has 0 heterocycles. The normalized spacial score (nSPS) is 9.67. The second-order valence-electron chi connectivity index (χ2n) is 0.408. The van der Waals surface area contributed by atoms with Crippen molar-refractivity contribution >= 4 is 20.8 Å². The van der Waals surface area contributed by atoms with Crippen LogP contribution in [-0.2, 0) is 40.3 Å². The summed E-state index contributed by atoms with van der Waals surface area (Å²) in [5, 5.41) is 0. The zero-order valence-corrected chi connectivity index (χ0v) is 7.35. The molecule has 0 aromatic rings. The van der Waals surface area contributed by atoms with E-state index in [1.807, 2.05) is 0 Å². The van der Waals surface area contributed by atoms with Crippen LogP contribution in [0, 0.1) is 0 Å². The molecule has 0 amide bonds. The van der Waals surface area contributed by atoms with Crippen molar-refractivity contribution in [2.75, 3.05) is 0 Å². The molecule has 0 rings (SSSR count). The van der Waals surface area contributed by atoms with Gasteiger partial charge in [0.05, 0.1) is 0 Å². The third-order valence-corrected chi connectivity index (χ3v) is 0. The van der Waals surface area contributed by atoms with Crippen molar-refractivity contribution in [3.8, 4) is 0 Å². The van der Waals surface area contributed by atoms with Gasteiger partial charge < -0.3 is 16.2 Å². The average molecular weight is 178 g/mol. The van der Waals surface area contributed by atoms with E-state index in [1.54, 1.807) is 0 Å². The number of hydrogen-bond donors (Lipinski definition) is 0. The molecule has 0 atom stereocenters. The first-order valence-corrected chi connectivity index (χ1v) is 3.00. The molecule has 0 radical (unpaired) electrons. The van der Waals surface area contributed by atoms with Gasteiger partial charge in [0.1, 0.15) is 0 Å². The zero-order chi connectivity index (χ0) is 4.50. The number of hydrogen-bond acceptors (Lipinski definition) is 4. The van der Waals surface area contributed by atoms with E-state index in [1.165, 1.54) is 0 Å². The first kappa shape index (κ1) is 9.99. The van der Waals surface area contributed by atoms with Crippen molar-refractivity contribution in [1.82, 2.24) is 0 Å². The smallest absolute Gasteiger partial charge is 0.768 e. The van der Waals surface area contributed by atoms with Crippen LogP contribution in [0.25, 0.3) is 0 Å². The first-order chi connectivity index (χ1) is 2.00. The molecule has 0 aliphatic rings. The monoisotopic (exact) mass is 176 g/mol. The van der Waals surface area contributed by atoms with Crippen molar-refractivity contribution in [3.05, 3.63) is 0 Å². The largest absolute Gasteiger partial charge is 2.00 e. The van der Waals surface area contributed by atoms with E-state index in [-0.39, 0.29) is 19.5 Å². The zero-order valence-electron chi connectivity index (χ0n) is 2.75. The molecule has 0 spiro atoms. The van der Waals surface area contributed by atoms with Gasteiger partial charge in [-0.3, -0.25) is 8.42 Å². The summed E-state index contributed by atoms with van der Waals surface area (Å²) >= 11 is 3.24. The van der Waals surface area contributed by atoms with Gasteiger partial charge in [-0.15, -0.1) is 0 Å². The molecule has 6 heavy (non-hydrogen) atoms. The standard InChI is InChI=1S/H2O3S2.Zn/c1-5(2,3)4;/h(H2,1,2,3,4);/q;+2/p-2. The molecule has 0 saturated carbocycles. The van der Waals surface area contributed by atoms with Gasteiger partial charge >= 0.3 is 19.5 Å². The molecule has 6 heteroatoms. The van der Waals surface area contributed by atoms with Crippen LogP contribution in [0.2, 0.25) is 0 Å². The van der Waals surface area contributed by atoms with Gasteiger partial charge in [0.15, 0.2) is 0 Å². The van der Waals surface area contributed by atoms with Crippen molar-refractivity contribution in [1.29, 1.82) is 0 Å². The fourth-order valence-corrected chi connectivity index (χ4v) is 0. The Hall–Kier alpha value is 0.883. The summed E-state index contributed by atoms with van der Waals surface area (Å²) in [7, 11) is -4.33. The van der Waals surface area contributed by atoms with Crippen LogP contribution >= 0.6 is 0 Å². The third kappa shape index (κ3) is 94.4. The molecule has 0 aliphatic carbocycles. The summed E-state index contributed by atoms with van der Waals surface area (Å²) in [6, 6.07) is 0. The van der Waals surface area contributed by atoms with E-state index >= 15 is 0 Å². The Labute approximate surface area is 53.4 Å². The molecule has 32 valence electrons. The Kier molecular flexibility index (Phi) is 4.93. The fraction of sp³-hybridized carbons (Fsp3) is 0. The Morgan fingerprint density at radius 2 is 1.50 bits per heavy atom. The van der Waals surface area contributed by atoms with E-state index in [0.717, 1.165) is 0 Å². The van der Waals surface area contributed by atoms with Gasteiger partial charge in [-0.25, -0.2) is 0 Å². The predicted molar refractivity (Wildman–Crippen MR) is 17.1 cm³/mol. The summed E-state index contributed by atoms with van der Waals surface area (Å²) < 4.78 is 26.7. The molecular formula is O3S2Zn. The maximum atomic E-state index is 8.89. The topological polar surface area (TPSA) is 57.2 Å². The van der Waals surface area contributed by atoms with E-state index < -0.39 is 9.15 Å². The second kappa shape index (κ2) is 2.96. The minimum atomic E-state index is -4.33. The van der Waals surface area contributed by atoms with E-state index in [4.69, 9.17) is 13.0 Å². The minimum Gasteiger partial charge on any atom is -0.768 e. The Bertz CT molecular complexity index is 92.0. The van der Waals surface area contributed by atoms with Crippen molar-refractivity contribution in [2.24, 2.45) is 0 Å². The van der Waals surface area contributed by atoms with Crippen molar-refractivity contribution in [3.63, 3.8) is 0 Å². The fourth-order valence-electron chi connectivity index (χ4n) is 0. The molecule has 0 fully saturated rings. The molecule has 0 N–H and O–H groups in total. The van der Waals surface area contributed by atoms with Gasteiger partial charge in [0.25, 0.3) is 0 Å². The van der Waals surface area contributed by atoms with Crippen LogP contribution in [0.5, 0.6) is 0 Å². The van der Waals surface area contributed by atoms with E-state index in [9.17, 15) is 0 Å². The van der Waals surface area contributed by atoms with Crippen LogP contribution < -0.4 is 0 Å². The van der Waals surface area contributed by atoms with Crippen molar-refractivity contribution < 1.29 is 32.4 Å². The van der Waals surface area contributed by atoms with E-state index in [0.29, 0.717) is 0 Å².